The molecule has 0 unspecified atom stereocenters. The second-order valence-corrected chi connectivity index (χ2v) is 7.63. The number of nitrogens with zero attached hydrogens (tertiary/aromatic N) is 5. The molecule has 3 atom stereocenters. The predicted molar refractivity (Wildman–Crippen MR) is 98.3 cm³/mol. The topological polar surface area (TPSA) is 68.0 Å². The first kappa shape index (κ1) is 17.3. The SMILES string of the molecule is C[C@H](CCn1cccn1)N[C@@H]1CCC(=O)N(C2CC2)[C@H]1c1ccnn1C. The van der Waals surface area contributed by atoms with Crippen molar-refractivity contribution in [3.05, 3.63) is 36.4 Å². The highest BCUT2D eigenvalue weighted by atomic mass is 16.2. The average molecular weight is 356 g/mol. The largest absolute Gasteiger partial charge is 0.330 e. The summed E-state index contributed by atoms with van der Waals surface area (Å²) >= 11 is 0. The summed E-state index contributed by atoms with van der Waals surface area (Å²) in [6.45, 7) is 3.12. The van der Waals surface area contributed by atoms with Gasteiger partial charge in [-0.1, -0.05) is 0 Å². The quantitative estimate of drug-likeness (QED) is 0.822. The van der Waals surface area contributed by atoms with Gasteiger partial charge in [-0.3, -0.25) is 14.2 Å². The zero-order valence-corrected chi connectivity index (χ0v) is 15.6. The van der Waals surface area contributed by atoms with Gasteiger partial charge in [0.15, 0.2) is 0 Å². The lowest BCUT2D eigenvalue weighted by molar-refractivity contribution is -0.139. The molecule has 1 saturated heterocycles. The Balaban J connectivity index is 1.49. The van der Waals surface area contributed by atoms with Crippen molar-refractivity contribution in [2.24, 2.45) is 7.05 Å². The molecule has 3 heterocycles. The highest BCUT2D eigenvalue weighted by Gasteiger charge is 2.45. The summed E-state index contributed by atoms with van der Waals surface area (Å²) in [6.07, 6.45) is 10.4. The molecule has 0 radical (unpaired) electrons. The van der Waals surface area contributed by atoms with Gasteiger partial charge in [0, 0.05) is 56.7 Å². The number of rotatable bonds is 7. The van der Waals surface area contributed by atoms with Crippen molar-refractivity contribution < 1.29 is 4.79 Å². The molecule has 0 aromatic carbocycles. The minimum Gasteiger partial charge on any atom is -0.330 e. The van der Waals surface area contributed by atoms with E-state index in [1.54, 1.807) is 0 Å². The van der Waals surface area contributed by atoms with E-state index in [0.29, 0.717) is 24.4 Å². The predicted octanol–water partition coefficient (Wildman–Crippen LogP) is 1.88. The van der Waals surface area contributed by atoms with E-state index in [0.717, 1.165) is 37.9 Å². The standard InChI is InChI=1S/C19H28N6O/c1-14(9-13-24-12-3-10-21-24)22-16-6-7-18(26)25(15-4-5-15)19(16)17-8-11-20-23(17)2/h3,8,10-12,14-16,19,22H,4-7,9,13H2,1-2H3/t14-,16-,19-/m1/s1. The van der Waals surface area contributed by atoms with Gasteiger partial charge in [0.05, 0.1) is 11.7 Å². The van der Waals surface area contributed by atoms with Crippen molar-refractivity contribution in [3.63, 3.8) is 0 Å². The first-order valence-electron chi connectivity index (χ1n) is 9.66. The average Bonchev–Trinajstić information content (AvgIpc) is 3.14. The number of aryl methyl sites for hydroxylation is 2. The summed E-state index contributed by atoms with van der Waals surface area (Å²) in [5.41, 5.74) is 1.13. The normalized spacial score (nSPS) is 24.8. The van der Waals surface area contributed by atoms with E-state index in [4.69, 9.17) is 0 Å². The molecule has 2 aromatic rings. The van der Waals surface area contributed by atoms with E-state index < -0.39 is 0 Å². The molecule has 1 aliphatic carbocycles. The Morgan fingerprint density at radius 1 is 1.27 bits per heavy atom. The van der Waals surface area contributed by atoms with Crippen LogP contribution in [0, 0.1) is 0 Å². The number of amides is 1. The molecule has 1 aliphatic heterocycles. The molecule has 0 bridgehead atoms. The lowest BCUT2D eigenvalue weighted by atomic mass is 9.91. The van der Waals surface area contributed by atoms with Gasteiger partial charge in [-0.05, 0) is 44.7 Å². The summed E-state index contributed by atoms with van der Waals surface area (Å²) in [5, 5.41) is 12.4. The maximum absolute atomic E-state index is 12.7. The first-order valence-corrected chi connectivity index (χ1v) is 9.66. The van der Waals surface area contributed by atoms with Crippen molar-refractivity contribution >= 4 is 5.91 Å². The zero-order valence-electron chi connectivity index (χ0n) is 15.6. The highest BCUT2D eigenvalue weighted by Crippen LogP contribution is 2.40. The lowest BCUT2D eigenvalue weighted by Crippen LogP contribution is -2.54. The van der Waals surface area contributed by atoms with E-state index in [1.165, 1.54) is 0 Å². The van der Waals surface area contributed by atoms with Crippen molar-refractivity contribution in [1.82, 2.24) is 29.8 Å². The molecule has 0 spiro atoms. The van der Waals surface area contributed by atoms with E-state index in [1.807, 2.05) is 41.1 Å². The van der Waals surface area contributed by atoms with Crippen LogP contribution < -0.4 is 5.32 Å². The molecule has 140 valence electrons. The minimum absolute atomic E-state index is 0.0726. The molecule has 7 heteroatoms. The molecular weight excluding hydrogens is 328 g/mol. The number of piperidine rings is 1. The molecule has 2 fully saturated rings. The van der Waals surface area contributed by atoms with Gasteiger partial charge in [0.25, 0.3) is 0 Å². The molecule has 1 saturated carbocycles. The van der Waals surface area contributed by atoms with Crippen LogP contribution in [-0.2, 0) is 18.4 Å². The molecule has 7 nitrogen and oxygen atoms in total. The number of aromatic nitrogens is 4. The summed E-state index contributed by atoms with van der Waals surface area (Å²) < 4.78 is 3.89. The second kappa shape index (κ2) is 7.23. The Hall–Kier alpha value is -2.15. The molecule has 26 heavy (non-hydrogen) atoms. The van der Waals surface area contributed by atoms with Crippen LogP contribution in [0.4, 0.5) is 0 Å². The highest BCUT2D eigenvalue weighted by molar-refractivity contribution is 5.78. The fourth-order valence-electron chi connectivity index (χ4n) is 4.10. The Kier molecular flexibility index (Phi) is 4.80. The molecule has 1 N–H and O–H groups in total. The summed E-state index contributed by atoms with van der Waals surface area (Å²) in [6, 6.07) is 5.11. The van der Waals surface area contributed by atoms with Crippen LogP contribution in [0.3, 0.4) is 0 Å². The Morgan fingerprint density at radius 2 is 2.12 bits per heavy atom. The van der Waals surface area contributed by atoms with Gasteiger partial charge in [0.1, 0.15) is 0 Å². The van der Waals surface area contributed by atoms with Crippen molar-refractivity contribution in [2.45, 2.75) is 69.7 Å². The van der Waals surface area contributed by atoms with Gasteiger partial charge < -0.3 is 10.2 Å². The van der Waals surface area contributed by atoms with Gasteiger partial charge in [0.2, 0.25) is 5.91 Å². The third-order valence-electron chi connectivity index (χ3n) is 5.59. The van der Waals surface area contributed by atoms with Crippen LogP contribution in [0.2, 0.25) is 0 Å². The van der Waals surface area contributed by atoms with Crippen LogP contribution >= 0.6 is 0 Å². The maximum atomic E-state index is 12.7. The molecule has 2 aromatic heterocycles. The van der Waals surface area contributed by atoms with Gasteiger partial charge in [-0.25, -0.2) is 0 Å². The van der Waals surface area contributed by atoms with E-state index >= 15 is 0 Å². The van der Waals surface area contributed by atoms with Crippen molar-refractivity contribution in [3.8, 4) is 0 Å². The summed E-state index contributed by atoms with van der Waals surface area (Å²) in [7, 11) is 1.97. The number of carbonyl (C=O) groups is 1. The molecule has 4 rings (SSSR count). The third-order valence-corrected chi connectivity index (χ3v) is 5.59. The van der Waals surface area contributed by atoms with Crippen LogP contribution in [0.5, 0.6) is 0 Å². The van der Waals surface area contributed by atoms with E-state index in [2.05, 4.69) is 33.4 Å². The number of hydrogen-bond acceptors (Lipinski definition) is 4. The van der Waals surface area contributed by atoms with Gasteiger partial charge >= 0.3 is 0 Å². The number of carbonyl (C=O) groups excluding carboxylic acids is 1. The van der Waals surface area contributed by atoms with Crippen LogP contribution in [0.15, 0.2) is 30.7 Å². The van der Waals surface area contributed by atoms with E-state index in [-0.39, 0.29) is 12.1 Å². The van der Waals surface area contributed by atoms with Crippen LogP contribution in [0.25, 0.3) is 0 Å². The minimum atomic E-state index is 0.0726. The van der Waals surface area contributed by atoms with Gasteiger partial charge in [-0.15, -0.1) is 0 Å². The number of hydrogen-bond donors (Lipinski definition) is 1. The third kappa shape index (κ3) is 3.53. The van der Waals surface area contributed by atoms with E-state index in [9.17, 15) is 4.79 Å². The summed E-state index contributed by atoms with van der Waals surface area (Å²) in [4.78, 5) is 14.8. The van der Waals surface area contributed by atoms with Crippen molar-refractivity contribution in [2.75, 3.05) is 0 Å². The number of nitrogens with one attached hydrogen (secondary N) is 1. The smallest absolute Gasteiger partial charge is 0.223 e. The number of likely N-dealkylation sites (tertiary alicyclic amines) is 1. The fraction of sp³-hybridized carbons (Fsp3) is 0.632. The second-order valence-electron chi connectivity index (χ2n) is 7.63. The van der Waals surface area contributed by atoms with Crippen LogP contribution in [0.1, 0.15) is 50.8 Å². The molecule has 2 aliphatic rings. The Labute approximate surface area is 154 Å². The fourth-order valence-corrected chi connectivity index (χ4v) is 4.10. The monoisotopic (exact) mass is 356 g/mol. The van der Waals surface area contributed by atoms with Gasteiger partial charge in [-0.2, -0.15) is 10.2 Å². The molecular formula is C19H28N6O. The first-order chi connectivity index (χ1) is 12.6. The Morgan fingerprint density at radius 3 is 2.77 bits per heavy atom. The zero-order chi connectivity index (χ0) is 18.1. The lowest BCUT2D eigenvalue weighted by Gasteiger charge is -2.43. The maximum Gasteiger partial charge on any atom is 0.223 e. The van der Waals surface area contributed by atoms with Crippen LogP contribution in [-0.4, -0.2) is 48.5 Å². The van der Waals surface area contributed by atoms with Crippen molar-refractivity contribution in [1.29, 1.82) is 0 Å². The summed E-state index contributed by atoms with van der Waals surface area (Å²) in [5.74, 6) is 0.293. The Bertz CT molecular complexity index is 735. The molecule has 1 amide bonds.